The molecule has 0 saturated carbocycles. The molecule has 1 aromatic heterocycles. The van der Waals surface area contributed by atoms with Crippen LogP contribution in [-0.4, -0.2) is 28.5 Å². The highest BCUT2D eigenvalue weighted by Gasteiger charge is 2.51. The van der Waals surface area contributed by atoms with E-state index in [-0.39, 0.29) is 11.3 Å². The fraction of sp³-hybridized carbons (Fsp3) is 0.250. The third-order valence-corrected chi connectivity index (χ3v) is 3.97. The lowest BCUT2D eigenvalue weighted by molar-refractivity contribution is -0.132. The molecule has 2 aromatic rings. The molecule has 2 heterocycles. The SMILES string of the molecule is C[C@@]1(c2ccco2)NC(=O)N(C[C@@H](O)c2ccc(F)cc2F)C1=O. The van der Waals surface area contributed by atoms with Gasteiger partial charge in [0.2, 0.25) is 0 Å². The van der Waals surface area contributed by atoms with Crippen LogP contribution in [0.1, 0.15) is 24.4 Å². The Kier molecular flexibility index (Phi) is 3.84. The lowest BCUT2D eigenvalue weighted by Gasteiger charge is -2.21. The minimum atomic E-state index is -1.49. The smallest absolute Gasteiger partial charge is 0.325 e. The fourth-order valence-corrected chi connectivity index (χ4v) is 2.64. The summed E-state index contributed by atoms with van der Waals surface area (Å²) in [7, 11) is 0. The molecule has 0 spiro atoms. The molecular weight excluding hydrogens is 322 g/mol. The van der Waals surface area contributed by atoms with E-state index >= 15 is 0 Å². The summed E-state index contributed by atoms with van der Waals surface area (Å²) in [6, 6.07) is 5.06. The van der Waals surface area contributed by atoms with E-state index in [1.165, 1.54) is 19.3 Å². The number of nitrogens with one attached hydrogen (secondary N) is 1. The van der Waals surface area contributed by atoms with Crippen LogP contribution >= 0.6 is 0 Å². The highest BCUT2D eigenvalue weighted by atomic mass is 19.1. The van der Waals surface area contributed by atoms with Gasteiger partial charge < -0.3 is 14.8 Å². The molecule has 1 fully saturated rings. The van der Waals surface area contributed by atoms with E-state index in [0.29, 0.717) is 6.07 Å². The number of amides is 3. The second kappa shape index (κ2) is 5.72. The van der Waals surface area contributed by atoms with Crippen LogP contribution in [0.2, 0.25) is 0 Å². The second-order valence-electron chi connectivity index (χ2n) is 5.63. The van der Waals surface area contributed by atoms with Crippen molar-refractivity contribution < 1.29 is 27.9 Å². The maximum Gasteiger partial charge on any atom is 0.325 e. The maximum atomic E-state index is 13.7. The Morgan fingerprint density at radius 3 is 2.71 bits per heavy atom. The van der Waals surface area contributed by atoms with Gasteiger partial charge in [0.25, 0.3) is 5.91 Å². The lowest BCUT2D eigenvalue weighted by atomic mass is 9.99. The van der Waals surface area contributed by atoms with Gasteiger partial charge in [0.05, 0.1) is 18.9 Å². The molecule has 1 aliphatic heterocycles. The zero-order chi connectivity index (χ0) is 17.5. The summed E-state index contributed by atoms with van der Waals surface area (Å²) in [5.74, 6) is -2.14. The molecule has 0 bridgehead atoms. The summed E-state index contributed by atoms with van der Waals surface area (Å²) in [4.78, 5) is 25.4. The van der Waals surface area contributed by atoms with Crippen LogP contribution in [0.15, 0.2) is 41.0 Å². The van der Waals surface area contributed by atoms with Crippen LogP contribution in [0.25, 0.3) is 0 Å². The van der Waals surface area contributed by atoms with E-state index in [1.807, 2.05) is 0 Å². The van der Waals surface area contributed by atoms with Crippen molar-refractivity contribution in [3.05, 3.63) is 59.6 Å². The van der Waals surface area contributed by atoms with Crippen LogP contribution in [0, 0.1) is 11.6 Å². The van der Waals surface area contributed by atoms with Crippen molar-refractivity contribution in [1.82, 2.24) is 10.2 Å². The number of hydrogen-bond donors (Lipinski definition) is 2. The molecule has 1 aromatic carbocycles. The van der Waals surface area contributed by atoms with E-state index in [2.05, 4.69) is 5.32 Å². The Labute approximate surface area is 135 Å². The molecule has 6 nitrogen and oxygen atoms in total. The number of carbonyl (C=O) groups is 2. The van der Waals surface area contributed by atoms with E-state index < -0.39 is 41.8 Å². The van der Waals surface area contributed by atoms with Crippen LogP contribution in [0.4, 0.5) is 13.6 Å². The fourth-order valence-electron chi connectivity index (χ4n) is 2.64. The Morgan fingerprint density at radius 2 is 2.08 bits per heavy atom. The molecule has 1 aliphatic rings. The quantitative estimate of drug-likeness (QED) is 0.837. The minimum absolute atomic E-state index is 0.205. The normalized spacial score (nSPS) is 21.9. The van der Waals surface area contributed by atoms with Crippen molar-refractivity contribution in [1.29, 1.82) is 0 Å². The number of rotatable bonds is 4. The predicted octanol–water partition coefficient (Wildman–Crippen LogP) is 2.06. The number of aliphatic hydroxyl groups is 1. The van der Waals surface area contributed by atoms with Gasteiger partial charge in [-0.25, -0.2) is 13.6 Å². The molecule has 0 unspecified atom stereocenters. The molecule has 1 saturated heterocycles. The van der Waals surface area contributed by atoms with Gasteiger partial charge in [-0.2, -0.15) is 0 Å². The summed E-state index contributed by atoms with van der Waals surface area (Å²) < 4.78 is 31.8. The first-order valence-electron chi connectivity index (χ1n) is 7.14. The third kappa shape index (κ3) is 2.54. The summed E-state index contributed by atoms with van der Waals surface area (Å²) in [5, 5.41) is 12.6. The first-order chi connectivity index (χ1) is 11.3. The van der Waals surface area contributed by atoms with Crippen molar-refractivity contribution >= 4 is 11.9 Å². The second-order valence-corrected chi connectivity index (χ2v) is 5.63. The largest absolute Gasteiger partial charge is 0.466 e. The standard InChI is InChI=1S/C16H14F2N2O4/c1-16(13-3-2-6-24-13)14(22)20(15(23)19-16)8-12(21)10-5-4-9(17)7-11(10)18/h2-7,12,21H,8H2,1H3,(H,19,23)/t12-,16+/m1/s1. The average Bonchev–Trinajstić information content (AvgIpc) is 3.12. The molecular formula is C16H14F2N2O4. The number of imide groups is 1. The summed E-state index contributed by atoms with van der Waals surface area (Å²) in [5.41, 5.74) is -1.61. The maximum absolute atomic E-state index is 13.7. The van der Waals surface area contributed by atoms with Crippen molar-refractivity contribution in [3.8, 4) is 0 Å². The van der Waals surface area contributed by atoms with E-state index in [9.17, 15) is 23.5 Å². The molecule has 8 heteroatoms. The Balaban J connectivity index is 1.82. The predicted molar refractivity (Wildman–Crippen MR) is 77.6 cm³/mol. The number of β-amino-alcohol motifs (C(OH)–C–C–N with tert-alkyl or cyclic N) is 1. The highest BCUT2D eigenvalue weighted by molar-refractivity contribution is 6.06. The zero-order valence-electron chi connectivity index (χ0n) is 12.6. The van der Waals surface area contributed by atoms with Crippen LogP contribution in [0.5, 0.6) is 0 Å². The lowest BCUT2D eigenvalue weighted by Crippen LogP contribution is -2.41. The minimum Gasteiger partial charge on any atom is -0.466 e. The number of hydrogen-bond acceptors (Lipinski definition) is 4. The number of urea groups is 1. The highest BCUT2D eigenvalue weighted by Crippen LogP contribution is 2.30. The van der Waals surface area contributed by atoms with Gasteiger partial charge >= 0.3 is 6.03 Å². The summed E-state index contributed by atoms with van der Waals surface area (Å²) >= 11 is 0. The Bertz CT molecular complexity index is 793. The van der Waals surface area contributed by atoms with E-state index in [0.717, 1.165) is 17.0 Å². The zero-order valence-corrected chi connectivity index (χ0v) is 12.6. The molecule has 24 heavy (non-hydrogen) atoms. The first kappa shape index (κ1) is 16.1. The Hall–Kier alpha value is -2.74. The number of aliphatic hydroxyl groups excluding tert-OH is 1. The molecule has 3 rings (SSSR count). The van der Waals surface area contributed by atoms with Crippen LogP contribution in [-0.2, 0) is 10.3 Å². The molecule has 0 radical (unpaired) electrons. The van der Waals surface area contributed by atoms with Gasteiger partial charge in [-0.05, 0) is 25.1 Å². The number of carbonyl (C=O) groups excluding carboxylic acids is 2. The molecule has 3 amide bonds. The van der Waals surface area contributed by atoms with Gasteiger partial charge in [-0.3, -0.25) is 9.69 Å². The van der Waals surface area contributed by atoms with Crippen LogP contribution < -0.4 is 5.32 Å². The average molecular weight is 336 g/mol. The monoisotopic (exact) mass is 336 g/mol. The van der Waals surface area contributed by atoms with Crippen molar-refractivity contribution in [2.24, 2.45) is 0 Å². The topological polar surface area (TPSA) is 82.8 Å². The van der Waals surface area contributed by atoms with Gasteiger partial charge in [0, 0.05) is 11.6 Å². The van der Waals surface area contributed by atoms with E-state index in [4.69, 9.17) is 4.42 Å². The van der Waals surface area contributed by atoms with Crippen LogP contribution in [0.3, 0.4) is 0 Å². The summed E-state index contributed by atoms with van der Waals surface area (Å²) in [6.45, 7) is 1.00. The third-order valence-electron chi connectivity index (χ3n) is 3.97. The van der Waals surface area contributed by atoms with Gasteiger partial charge in [0.15, 0.2) is 5.54 Å². The summed E-state index contributed by atoms with van der Waals surface area (Å²) in [6.07, 6.45) is -0.120. The number of furan rings is 1. The number of halogens is 2. The van der Waals surface area contributed by atoms with Gasteiger partial charge in [-0.1, -0.05) is 6.07 Å². The number of benzene rings is 1. The van der Waals surface area contributed by atoms with E-state index in [1.54, 1.807) is 6.07 Å². The number of nitrogens with zero attached hydrogens (tertiary/aromatic N) is 1. The van der Waals surface area contributed by atoms with Crippen molar-refractivity contribution in [2.75, 3.05) is 6.54 Å². The van der Waals surface area contributed by atoms with Crippen molar-refractivity contribution in [3.63, 3.8) is 0 Å². The van der Waals surface area contributed by atoms with Crippen molar-refractivity contribution in [2.45, 2.75) is 18.6 Å². The molecule has 2 N–H and O–H groups in total. The van der Waals surface area contributed by atoms with Gasteiger partial charge in [-0.15, -0.1) is 0 Å². The molecule has 0 aliphatic carbocycles. The first-order valence-corrected chi connectivity index (χ1v) is 7.14. The molecule has 2 atom stereocenters. The van der Waals surface area contributed by atoms with Gasteiger partial charge in [0.1, 0.15) is 17.4 Å². The Morgan fingerprint density at radius 1 is 1.33 bits per heavy atom. The molecule has 126 valence electrons.